The molecule has 31 heavy (non-hydrogen) atoms. The number of hydrogen-bond donors (Lipinski definition) is 1. The molecule has 10 heteroatoms. The number of rotatable bonds is 6. The van der Waals surface area contributed by atoms with Crippen molar-refractivity contribution in [2.24, 2.45) is 0 Å². The fourth-order valence-electron chi connectivity index (χ4n) is 2.73. The van der Waals surface area contributed by atoms with Crippen LogP contribution in [0.4, 0.5) is 18.9 Å². The lowest BCUT2D eigenvalue weighted by Gasteiger charge is -2.10. The Morgan fingerprint density at radius 1 is 0.968 bits per heavy atom. The maximum Gasteiger partial charge on any atom is 0.433 e. The zero-order chi connectivity index (χ0) is 21.8. The van der Waals surface area contributed by atoms with Crippen LogP contribution in [0.25, 0.3) is 5.69 Å². The Kier molecular flexibility index (Phi) is 5.77. The maximum absolute atomic E-state index is 12.9. The molecule has 0 aliphatic heterocycles. The highest BCUT2D eigenvalue weighted by Crippen LogP contribution is 2.31. The Bertz CT molecular complexity index is 1160. The van der Waals surface area contributed by atoms with Gasteiger partial charge in [0.1, 0.15) is 28.0 Å². The molecule has 0 radical (unpaired) electrons. The van der Waals surface area contributed by atoms with Crippen molar-refractivity contribution in [1.29, 1.82) is 0 Å². The topological polar surface area (TPSA) is 64.9 Å². The Morgan fingerprint density at radius 3 is 2.39 bits per heavy atom. The molecule has 2 heterocycles. The fraction of sp³-hybridized carbons (Fsp3) is 0.0952. The Balaban J connectivity index is 1.41. The highest BCUT2D eigenvalue weighted by Gasteiger charge is 2.33. The quantitative estimate of drug-likeness (QED) is 0.383. The van der Waals surface area contributed by atoms with Crippen LogP contribution in [-0.2, 0) is 12.7 Å². The van der Waals surface area contributed by atoms with Gasteiger partial charge in [0.2, 0.25) is 0 Å². The van der Waals surface area contributed by atoms with Crippen LogP contribution in [0.15, 0.2) is 72.9 Å². The molecule has 158 valence electrons. The van der Waals surface area contributed by atoms with Crippen molar-refractivity contribution >= 4 is 17.3 Å². The summed E-state index contributed by atoms with van der Waals surface area (Å²) in [6.07, 6.45) is -2.91. The number of nitrogens with zero attached hydrogens (tertiary/aromatic N) is 4. The van der Waals surface area contributed by atoms with Gasteiger partial charge < -0.3 is 10.1 Å². The van der Waals surface area contributed by atoms with E-state index in [0.717, 1.165) is 17.5 Å². The minimum absolute atomic E-state index is 0.160. The lowest BCUT2D eigenvalue weighted by Crippen LogP contribution is -2.09. The van der Waals surface area contributed by atoms with E-state index in [4.69, 9.17) is 16.3 Å². The van der Waals surface area contributed by atoms with E-state index in [2.05, 4.69) is 20.6 Å². The Morgan fingerprint density at radius 2 is 1.68 bits per heavy atom. The predicted molar refractivity (Wildman–Crippen MR) is 109 cm³/mol. The number of hydrogen-bond acceptors (Lipinski definition) is 5. The first-order valence-electron chi connectivity index (χ1n) is 9.10. The normalized spacial score (nSPS) is 11.4. The highest BCUT2D eigenvalue weighted by atomic mass is 35.5. The van der Waals surface area contributed by atoms with E-state index in [1.165, 1.54) is 6.07 Å². The average molecular weight is 446 g/mol. The van der Waals surface area contributed by atoms with Crippen molar-refractivity contribution < 1.29 is 17.9 Å². The zero-order valence-electron chi connectivity index (χ0n) is 15.8. The third kappa shape index (κ3) is 5.32. The lowest BCUT2D eigenvalue weighted by atomic mass is 10.3. The van der Waals surface area contributed by atoms with Crippen LogP contribution < -0.4 is 10.1 Å². The van der Waals surface area contributed by atoms with Crippen LogP contribution in [-0.4, -0.2) is 20.0 Å². The van der Waals surface area contributed by atoms with Gasteiger partial charge in [-0.25, -0.2) is 9.67 Å². The van der Waals surface area contributed by atoms with Crippen molar-refractivity contribution in [2.75, 3.05) is 5.32 Å². The largest absolute Gasteiger partial charge is 0.457 e. The van der Waals surface area contributed by atoms with E-state index >= 15 is 0 Å². The molecule has 4 rings (SSSR count). The highest BCUT2D eigenvalue weighted by molar-refractivity contribution is 6.29. The number of para-hydroxylation sites is 1. The van der Waals surface area contributed by atoms with Crippen LogP contribution in [0.5, 0.6) is 11.5 Å². The molecule has 0 spiro atoms. The zero-order valence-corrected chi connectivity index (χ0v) is 16.6. The molecule has 0 aliphatic carbocycles. The van der Waals surface area contributed by atoms with E-state index in [-0.39, 0.29) is 17.4 Å². The summed E-state index contributed by atoms with van der Waals surface area (Å²) < 4.78 is 45.9. The fourth-order valence-corrected chi connectivity index (χ4v) is 2.94. The van der Waals surface area contributed by atoms with E-state index < -0.39 is 11.9 Å². The van der Waals surface area contributed by atoms with E-state index in [1.807, 2.05) is 42.5 Å². The van der Waals surface area contributed by atoms with Gasteiger partial charge in [-0.3, -0.25) is 0 Å². The molecule has 0 fully saturated rings. The van der Waals surface area contributed by atoms with Gasteiger partial charge in [-0.05, 0) is 48.5 Å². The lowest BCUT2D eigenvalue weighted by molar-refractivity contribution is -0.141. The van der Waals surface area contributed by atoms with Gasteiger partial charge in [0.05, 0.1) is 18.4 Å². The molecule has 0 saturated heterocycles. The van der Waals surface area contributed by atoms with E-state index in [9.17, 15) is 13.2 Å². The van der Waals surface area contributed by atoms with Crippen LogP contribution in [0.2, 0.25) is 5.15 Å². The van der Waals surface area contributed by atoms with Crippen molar-refractivity contribution in [3.8, 4) is 17.2 Å². The summed E-state index contributed by atoms with van der Waals surface area (Å²) in [6.45, 7) is 0.160. The second-order valence-electron chi connectivity index (χ2n) is 6.48. The summed E-state index contributed by atoms with van der Waals surface area (Å²) in [5.74, 6) is 1.40. The van der Waals surface area contributed by atoms with Crippen molar-refractivity contribution in [2.45, 2.75) is 12.7 Å². The molecule has 0 bridgehead atoms. The Hall–Kier alpha value is -3.59. The summed E-state index contributed by atoms with van der Waals surface area (Å²) in [5, 5.41) is 10.7. The van der Waals surface area contributed by atoms with Gasteiger partial charge in [-0.1, -0.05) is 35.0 Å². The molecule has 0 amide bonds. The van der Waals surface area contributed by atoms with Gasteiger partial charge in [-0.15, -0.1) is 5.10 Å². The number of benzene rings is 2. The molecule has 4 aromatic rings. The number of ether oxygens (including phenoxy) is 1. The third-order valence-electron chi connectivity index (χ3n) is 4.18. The average Bonchev–Trinajstić information content (AvgIpc) is 3.22. The van der Waals surface area contributed by atoms with Crippen molar-refractivity contribution in [3.05, 3.63) is 89.5 Å². The van der Waals surface area contributed by atoms with Crippen molar-refractivity contribution in [3.63, 3.8) is 0 Å². The van der Waals surface area contributed by atoms with Gasteiger partial charge in [0.15, 0.2) is 0 Å². The monoisotopic (exact) mass is 445 g/mol. The van der Waals surface area contributed by atoms with Crippen molar-refractivity contribution in [1.82, 2.24) is 20.0 Å². The molecule has 0 aliphatic rings. The first-order chi connectivity index (χ1) is 14.9. The van der Waals surface area contributed by atoms with E-state index in [1.54, 1.807) is 23.0 Å². The third-order valence-corrected chi connectivity index (χ3v) is 4.37. The standard InChI is InChI=1S/C21H15ClF3N5O/c22-20-11-14(10-19(27-20)21(23,24)25)26-12-15-13-30(29-28-15)16-6-8-18(9-7-16)31-17-4-2-1-3-5-17/h1-11,13H,12H2,(H,26,27). The molecule has 1 N–H and O–H groups in total. The molecule has 2 aromatic carbocycles. The number of halogens is 4. The summed E-state index contributed by atoms with van der Waals surface area (Å²) >= 11 is 5.69. The van der Waals surface area contributed by atoms with Crippen LogP contribution in [0, 0.1) is 0 Å². The summed E-state index contributed by atoms with van der Waals surface area (Å²) in [6, 6.07) is 18.9. The molecule has 0 saturated carbocycles. The van der Waals surface area contributed by atoms with Gasteiger partial charge in [-0.2, -0.15) is 13.2 Å². The number of alkyl halides is 3. The minimum atomic E-state index is -4.58. The smallest absolute Gasteiger partial charge is 0.433 e. The number of pyridine rings is 1. The number of anilines is 1. The maximum atomic E-state index is 12.9. The molecule has 2 aromatic heterocycles. The summed E-state index contributed by atoms with van der Waals surface area (Å²) in [7, 11) is 0. The Labute approximate surface area is 180 Å². The SMILES string of the molecule is FC(F)(F)c1cc(NCc2cn(-c3ccc(Oc4ccccc4)cc3)nn2)cc(Cl)n1. The number of nitrogens with one attached hydrogen (secondary N) is 1. The second kappa shape index (κ2) is 8.65. The molecule has 0 atom stereocenters. The van der Waals surface area contributed by atoms with E-state index in [0.29, 0.717) is 11.4 Å². The molecule has 6 nitrogen and oxygen atoms in total. The first-order valence-corrected chi connectivity index (χ1v) is 9.48. The van der Waals surface area contributed by atoms with Crippen LogP contribution >= 0.6 is 11.6 Å². The van der Waals surface area contributed by atoms with Gasteiger partial charge >= 0.3 is 6.18 Å². The minimum Gasteiger partial charge on any atom is -0.457 e. The van der Waals surface area contributed by atoms with Gasteiger partial charge in [0.25, 0.3) is 0 Å². The molecular formula is C21H15ClF3N5O. The second-order valence-corrected chi connectivity index (χ2v) is 6.87. The summed E-state index contributed by atoms with van der Waals surface area (Å²) in [4.78, 5) is 3.30. The number of aromatic nitrogens is 4. The van der Waals surface area contributed by atoms with Gasteiger partial charge in [0, 0.05) is 5.69 Å². The summed E-state index contributed by atoms with van der Waals surface area (Å²) in [5.41, 5.74) is 0.407. The van der Waals surface area contributed by atoms with Crippen LogP contribution in [0.3, 0.4) is 0 Å². The first kappa shape index (κ1) is 20.7. The molecule has 0 unspecified atom stereocenters. The predicted octanol–water partition coefficient (Wildman–Crippen LogP) is 5.74. The molecular weight excluding hydrogens is 431 g/mol. The van der Waals surface area contributed by atoms with Crippen LogP contribution in [0.1, 0.15) is 11.4 Å².